The van der Waals surface area contributed by atoms with E-state index in [1.807, 2.05) is 0 Å². The summed E-state index contributed by atoms with van der Waals surface area (Å²) in [5, 5.41) is 3.78. The molecule has 1 rings (SSSR count). The van der Waals surface area contributed by atoms with Crippen molar-refractivity contribution >= 4 is 0 Å². The summed E-state index contributed by atoms with van der Waals surface area (Å²) in [6.45, 7) is 11.1. The first kappa shape index (κ1) is 13.0. The van der Waals surface area contributed by atoms with E-state index in [0.717, 1.165) is 25.0 Å². The fourth-order valence-corrected chi connectivity index (χ4v) is 2.47. The molecule has 1 fully saturated rings. The number of hydrogen-bond acceptors (Lipinski definition) is 2. The highest BCUT2D eigenvalue weighted by Crippen LogP contribution is 2.20. The average Bonchev–Trinajstić information content (AvgIpc) is 2.26. The van der Waals surface area contributed by atoms with E-state index in [0.29, 0.717) is 12.1 Å². The third-order valence-corrected chi connectivity index (χ3v) is 3.69. The highest BCUT2D eigenvalue weighted by atomic mass is 16.5. The van der Waals surface area contributed by atoms with Gasteiger partial charge in [-0.25, -0.2) is 0 Å². The van der Waals surface area contributed by atoms with Crippen LogP contribution in [0.3, 0.4) is 0 Å². The van der Waals surface area contributed by atoms with Gasteiger partial charge in [0.15, 0.2) is 0 Å². The third-order valence-electron chi connectivity index (χ3n) is 3.69. The smallest absolute Gasteiger partial charge is 0.0469 e. The van der Waals surface area contributed by atoms with Gasteiger partial charge in [0.25, 0.3) is 0 Å². The lowest BCUT2D eigenvalue weighted by atomic mass is 9.91. The Morgan fingerprint density at radius 2 is 1.80 bits per heavy atom. The van der Waals surface area contributed by atoms with Crippen molar-refractivity contribution in [3.05, 3.63) is 0 Å². The van der Waals surface area contributed by atoms with Gasteiger partial charge >= 0.3 is 0 Å². The minimum atomic E-state index is 0.640. The summed E-state index contributed by atoms with van der Waals surface area (Å²) in [6.07, 6.45) is 3.68. The van der Waals surface area contributed by atoms with Gasteiger partial charge in [-0.2, -0.15) is 0 Å². The molecule has 0 radical (unpaired) electrons. The van der Waals surface area contributed by atoms with Crippen LogP contribution in [-0.4, -0.2) is 25.3 Å². The Labute approximate surface area is 94.8 Å². The van der Waals surface area contributed by atoms with Gasteiger partial charge in [-0.1, -0.05) is 20.8 Å². The standard InChI is InChI=1S/C13H27NO/c1-5-13(10(2)3)14-11(4)12-6-8-15-9-7-12/h10-14H,5-9H2,1-4H3. The van der Waals surface area contributed by atoms with Crippen LogP contribution in [0.1, 0.15) is 47.0 Å². The summed E-state index contributed by atoms with van der Waals surface area (Å²) in [5.74, 6) is 1.55. The Morgan fingerprint density at radius 3 is 2.27 bits per heavy atom. The van der Waals surface area contributed by atoms with Crippen molar-refractivity contribution in [3.8, 4) is 0 Å². The molecule has 2 unspecified atom stereocenters. The lowest BCUT2D eigenvalue weighted by Gasteiger charge is -2.33. The van der Waals surface area contributed by atoms with Gasteiger partial charge in [0.1, 0.15) is 0 Å². The van der Waals surface area contributed by atoms with Crippen LogP contribution in [0.4, 0.5) is 0 Å². The summed E-state index contributed by atoms with van der Waals surface area (Å²) in [4.78, 5) is 0. The fraction of sp³-hybridized carbons (Fsp3) is 1.00. The topological polar surface area (TPSA) is 21.3 Å². The van der Waals surface area contributed by atoms with E-state index in [1.54, 1.807) is 0 Å². The van der Waals surface area contributed by atoms with Crippen molar-refractivity contribution in [2.75, 3.05) is 13.2 Å². The monoisotopic (exact) mass is 213 g/mol. The van der Waals surface area contributed by atoms with Crippen LogP contribution >= 0.6 is 0 Å². The summed E-state index contributed by atoms with van der Waals surface area (Å²) >= 11 is 0. The van der Waals surface area contributed by atoms with Gasteiger partial charge < -0.3 is 10.1 Å². The van der Waals surface area contributed by atoms with Crippen LogP contribution in [-0.2, 0) is 4.74 Å². The minimum Gasteiger partial charge on any atom is -0.381 e. The molecule has 0 spiro atoms. The van der Waals surface area contributed by atoms with E-state index in [9.17, 15) is 0 Å². The zero-order chi connectivity index (χ0) is 11.3. The van der Waals surface area contributed by atoms with Gasteiger partial charge in [0.2, 0.25) is 0 Å². The SMILES string of the molecule is CCC(NC(C)C1CCOCC1)C(C)C. The molecule has 1 aliphatic rings. The van der Waals surface area contributed by atoms with Crippen molar-refractivity contribution in [1.29, 1.82) is 0 Å². The average molecular weight is 213 g/mol. The molecule has 0 aliphatic carbocycles. The van der Waals surface area contributed by atoms with Gasteiger partial charge in [0.05, 0.1) is 0 Å². The first-order valence-electron chi connectivity index (χ1n) is 6.49. The number of ether oxygens (including phenoxy) is 1. The first-order chi connectivity index (χ1) is 7.15. The molecule has 0 bridgehead atoms. The van der Waals surface area contributed by atoms with E-state index >= 15 is 0 Å². The molecule has 15 heavy (non-hydrogen) atoms. The second-order valence-electron chi connectivity index (χ2n) is 5.16. The molecule has 0 amide bonds. The maximum Gasteiger partial charge on any atom is 0.0469 e. The fourth-order valence-electron chi connectivity index (χ4n) is 2.47. The maximum atomic E-state index is 5.40. The van der Waals surface area contributed by atoms with Crippen LogP contribution in [0, 0.1) is 11.8 Å². The van der Waals surface area contributed by atoms with Crippen molar-refractivity contribution in [3.63, 3.8) is 0 Å². The lowest BCUT2D eigenvalue weighted by Crippen LogP contribution is -2.44. The number of rotatable bonds is 5. The molecule has 0 aromatic carbocycles. The van der Waals surface area contributed by atoms with Gasteiger partial charge in [-0.3, -0.25) is 0 Å². The summed E-state index contributed by atoms with van der Waals surface area (Å²) in [6, 6.07) is 1.31. The van der Waals surface area contributed by atoms with Crippen LogP contribution in [0.25, 0.3) is 0 Å². The molecular formula is C13H27NO. The summed E-state index contributed by atoms with van der Waals surface area (Å²) < 4.78 is 5.40. The highest BCUT2D eigenvalue weighted by molar-refractivity contribution is 4.79. The molecule has 0 saturated carbocycles. The molecule has 1 saturated heterocycles. The molecule has 1 heterocycles. The van der Waals surface area contributed by atoms with E-state index in [2.05, 4.69) is 33.0 Å². The molecule has 0 aromatic rings. The van der Waals surface area contributed by atoms with Crippen LogP contribution < -0.4 is 5.32 Å². The first-order valence-corrected chi connectivity index (χ1v) is 6.49. The summed E-state index contributed by atoms with van der Waals surface area (Å²) in [7, 11) is 0. The molecule has 2 atom stereocenters. The highest BCUT2D eigenvalue weighted by Gasteiger charge is 2.23. The Kier molecular flexibility index (Phi) is 5.62. The normalized spacial score (nSPS) is 23.0. The van der Waals surface area contributed by atoms with Gasteiger partial charge in [-0.15, -0.1) is 0 Å². The second kappa shape index (κ2) is 6.49. The molecule has 2 nitrogen and oxygen atoms in total. The third kappa shape index (κ3) is 4.12. The lowest BCUT2D eigenvalue weighted by molar-refractivity contribution is 0.0533. The molecular weight excluding hydrogens is 186 g/mol. The van der Waals surface area contributed by atoms with Gasteiger partial charge in [-0.05, 0) is 38.0 Å². The second-order valence-corrected chi connectivity index (χ2v) is 5.16. The van der Waals surface area contributed by atoms with E-state index < -0.39 is 0 Å². The zero-order valence-electron chi connectivity index (χ0n) is 10.8. The molecule has 90 valence electrons. The van der Waals surface area contributed by atoms with Crippen molar-refractivity contribution in [2.24, 2.45) is 11.8 Å². The largest absolute Gasteiger partial charge is 0.381 e. The quantitative estimate of drug-likeness (QED) is 0.758. The van der Waals surface area contributed by atoms with Crippen LogP contribution in [0.2, 0.25) is 0 Å². The van der Waals surface area contributed by atoms with Crippen LogP contribution in [0.15, 0.2) is 0 Å². The predicted molar refractivity (Wildman–Crippen MR) is 65.1 cm³/mol. The Bertz CT molecular complexity index is 164. The maximum absolute atomic E-state index is 5.40. The van der Waals surface area contributed by atoms with Crippen LogP contribution in [0.5, 0.6) is 0 Å². The van der Waals surface area contributed by atoms with Crippen molar-refractivity contribution in [2.45, 2.75) is 59.0 Å². The Hall–Kier alpha value is -0.0800. The van der Waals surface area contributed by atoms with Gasteiger partial charge in [0, 0.05) is 25.3 Å². The molecule has 1 N–H and O–H groups in total. The zero-order valence-corrected chi connectivity index (χ0v) is 10.8. The number of nitrogens with one attached hydrogen (secondary N) is 1. The predicted octanol–water partition coefficient (Wildman–Crippen LogP) is 2.83. The molecule has 2 heteroatoms. The van der Waals surface area contributed by atoms with E-state index in [-0.39, 0.29) is 0 Å². The minimum absolute atomic E-state index is 0.640. The number of hydrogen-bond donors (Lipinski definition) is 1. The summed E-state index contributed by atoms with van der Waals surface area (Å²) in [5.41, 5.74) is 0. The van der Waals surface area contributed by atoms with Crippen molar-refractivity contribution in [1.82, 2.24) is 5.32 Å². The Balaban J connectivity index is 2.34. The van der Waals surface area contributed by atoms with E-state index in [4.69, 9.17) is 4.74 Å². The molecule has 0 aromatic heterocycles. The Morgan fingerprint density at radius 1 is 1.20 bits per heavy atom. The molecule has 1 aliphatic heterocycles. The van der Waals surface area contributed by atoms with E-state index in [1.165, 1.54) is 19.3 Å². The van der Waals surface area contributed by atoms with Crippen molar-refractivity contribution < 1.29 is 4.74 Å².